The Bertz CT molecular complexity index is 1070. The number of nitrogens with zero attached hydrogens (tertiary/aromatic N) is 1. The van der Waals surface area contributed by atoms with Crippen molar-refractivity contribution in [2.24, 2.45) is 17.8 Å². The number of carboxylic acid groups (broad SMARTS) is 1. The van der Waals surface area contributed by atoms with Crippen LogP contribution < -0.4 is 5.32 Å². The second kappa shape index (κ2) is 9.12. The van der Waals surface area contributed by atoms with Crippen molar-refractivity contribution in [2.75, 3.05) is 20.2 Å². The molecule has 0 saturated heterocycles. The van der Waals surface area contributed by atoms with E-state index in [2.05, 4.69) is 29.6 Å². The highest BCUT2D eigenvalue weighted by Gasteiger charge is 2.50. The van der Waals surface area contributed by atoms with Crippen LogP contribution in [0.4, 0.5) is 4.79 Å². The molecule has 2 saturated carbocycles. The highest BCUT2D eigenvalue weighted by molar-refractivity contribution is 5.80. The molecule has 0 bridgehead atoms. The Hall–Kier alpha value is -3.35. The molecule has 3 aliphatic carbocycles. The summed E-state index contributed by atoms with van der Waals surface area (Å²) in [4.78, 5) is 37.6. The van der Waals surface area contributed by atoms with Crippen molar-refractivity contribution in [3.05, 3.63) is 59.7 Å². The minimum absolute atomic E-state index is 0.00976. The van der Waals surface area contributed by atoms with E-state index in [4.69, 9.17) is 9.84 Å². The van der Waals surface area contributed by atoms with Gasteiger partial charge in [0.15, 0.2) is 0 Å². The lowest BCUT2D eigenvalue weighted by molar-refractivity contribution is -0.139. The number of fused-ring (bicyclic) bond motifs is 4. The fourth-order valence-corrected chi connectivity index (χ4v) is 6.07. The third-order valence-corrected chi connectivity index (χ3v) is 7.86. The average Bonchev–Trinajstić information content (AvgIpc) is 3.34. The highest BCUT2D eigenvalue weighted by Crippen LogP contribution is 2.50. The van der Waals surface area contributed by atoms with Crippen LogP contribution in [0.1, 0.15) is 42.7 Å². The lowest BCUT2D eigenvalue weighted by Gasteiger charge is -2.40. The topological polar surface area (TPSA) is 95.9 Å². The molecule has 2 fully saturated rings. The van der Waals surface area contributed by atoms with Gasteiger partial charge in [-0.05, 0) is 53.4 Å². The summed E-state index contributed by atoms with van der Waals surface area (Å²) in [5.41, 5.74) is 4.77. The summed E-state index contributed by atoms with van der Waals surface area (Å²) in [6.07, 6.45) is 1.95. The number of hydrogen-bond acceptors (Lipinski definition) is 4. The molecule has 34 heavy (non-hydrogen) atoms. The van der Waals surface area contributed by atoms with Crippen LogP contribution in [-0.2, 0) is 14.3 Å². The van der Waals surface area contributed by atoms with Crippen molar-refractivity contribution in [3.63, 3.8) is 0 Å². The van der Waals surface area contributed by atoms with Gasteiger partial charge in [0.05, 0.1) is 6.42 Å². The van der Waals surface area contributed by atoms with Crippen molar-refractivity contribution in [1.29, 1.82) is 0 Å². The van der Waals surface area contributed by atoms with Crippen LogP contribution in [0.2, 0.25) is 0 Å². The number of benzene rings is 2. The molecule has 4 unspecified atom stereocenters. The lowest BCUT2D eigenvalue weighted by Crippen LogP contribution is -2.50. The summed E-state index contributed by atoms with van der Waals surface area (Å²) >= 11 is 0. The Morgan fingerprint density at radius 3 is 2.29 bits per heavy atom. The highest BCUT2D eigenvalue weighted by atomic mass is 16.5. The first-order valence-electron chi connectivity index (χ1n) is 12.0. The Morgan fingerprint density at radius 2 is 1.65 bits per heavy atom. The standard InChI is InChI=1S/C27H30N2O5/c1-29(11-10-25(30)31)26(32)17-12-16-14-24(22(16)13-17)28-27(33)34-15-23-20-8-4-2-6-18(20)19-7-3-5-9-21(19)23/h2-9,16-17,22-24H,10-15H2,1H3,(H,28,33)(H,30,31). The van der Waals surface area contributed by atoms with Crippen LogP contribution in [0.25, 0.3) is 11.1 Å². The van der Waals surface area contributed by atoms with Gasteiger partial charge in [-0.3, -0.25) is 9.59 Å². The van der Waals surface area contributed by atoms with Gasteiger partial charge in [0.2, 0.25) is 5.91 Å². The number of carbonyl (C=O) groups excluding carboxylic acids is 2. The normalized spacial score (nSPS) is 24.4. The van der Waals surface area contributed by atoms with Gasteiger partial charge in [0, 0.05) is 31.5 Å². The van der Waals surface area contributed by atoms with E-state index in [0.717, 1.165) is 19.3 Å². The van der Waals surface area contributed by atoms with Crippen molar-refractivity contribution in [2.45, 2.75) is 37.6 Å². The zero-order valence-corrected chi connectivity index (χ0v) is 19.3. The Labute approximate surface area is 199 Å². The summed E-state index contributed by atoms with van der Waals surface area (Å²) in [5.74, 6) is -0.248. The van der Waals surface area contributed by atoms with Gasteiger partial charge >= 0.3 is 12.1 Å². The molecule has 7 nitrogen and oxygen atoms in total. The molecule has 2 aromatic rings. The van der Waals surface area contributed by atoms with Gasteiger partial charge < -0.3 is 20.1 Å². The van der Waals surface area contributed by atoms with E-state index in [0.29, 0.717) is 5.92 Å². The molecule has 3 aliphatic rings. The number of amides is 2. The zero-order valence-electron chi connectivity index (χ0n) is 19.3. The van der Waals surface area contributed by atoms with E-state index in [1.54, 1.807) is 7.05 Å². The Morgan fingerprint density at radius 1 is 1.00 bits per heavy atom. The maximum absolute atomic E-state index is 12.7. The number of rotatable bonds is 7. The maximum atomic E-state index is 12.7. The molecule has 0 radical (unpaired) electrons. The smallest absolute Gasteiger partial charge is 0.407 e. The molecule has 7 heteroatoms. The molecular weight excluding hydrogens is 432 g/mol. The third kappa shape index (κ3) is 4.15. The fourth-order valence-electron chi connectivity index (χ4n) is 6.07. The molecule has 4 atom stereocenters. The van der Waals surface area contributed by atoms with Crippen LogP contribution in [-0.4, -0.2) is 54.2 Å². The van der Waals surface area contributed by atoms with Crippen LogP contribution in [0.5, 0.6) is 0 Å². The molecule has 2 N–H and O–H groups in total. The number of carbonyl (C=O) groups is 3. The van der Waals surface area contributed by atoms with Crippen molar-refractivity contribution in [1.82, 2.24) is 10.2 Å². The summed E-state index contributed by atoms with van der Waals surface area (Å²) in [7, 11) is 1.66. The van der Waals surface area contributed by atoms with Crippen molar-refractivity contribution in [3.8, 4) is 11.1 Å². The molecule has 0 aliphatic heterocycles. The summed E-state index contributed by atoms with van der Waals surface area (Å²) in [5, 5.41) is 11.9. The molecule has 0 heterocycles. The second-order valence-electron chi connectivity index (χ2n) is 9.81. The monoisotopic (exact) mass is 462 g/mol. The number of aliphatic carboxylic acids is 1. The number of ether oxygens (including phenoxy) is 1. The van der Waals surface area contributed by atoms with Gasteiger partial charge in [-0.25, -0.2) is 4.79 Å². The molecule has 178 valence electrons. The molecule has 2 aromatic carbocycles. The number of hydrogen-bond donors (Lipinski definition) is 2. The minimum atomic E-state index is -0.904. The van der Waals surface area contributed by atoms with Crippen LogP contribution in [0.15, 0.2) is 48.5 Å². The largest absolute Gasteiger partial charge is 0.481 e. The van der Waals surface area contributed by atoms with E-state index in [9.17, 15) is 14.4 Å². The first kappa shape index (κ1) is 22.4. The number of nitrogens with one attached hydrogen (secondary N) is 1. The molecular formula is C27H30N2O5. The minimum Gasteiger partial charge on any atom is -0.481 e. The van der Waals surface area contributed by atoms with Gasteiger partial charge in [0.1, 0.15) is 6.61 Å². The van der Waals surface area contributed by atoms with E-state index < -0.39 is 12.1 Å². The molecule has 0 spiro atoms. The molecule has 0 aromatic heterocycles. The summed E-state index contributed by atoms with van der Waals surface area (Å²) < 4.78 is 5.68. The third-order valence-electron chi connectivity index (χ3n) is 7.86. The summed E-state index contributed by atoms with van der Waals surface area (Å²) in [6.45, 7) is 0.511. The molecule has 2 amide bonds. The van der Waals surface area contributed by atoms with E-state index in [-0.39, 0.29) is 49.3 Å². The quantitative estimate of drug-likeness (QED) is 0.651. The van der Waals surface area contributed by atoms with E-state index in [1.807, 2.05) is 24.3 Å². The van der Waals surface area contributed by atoms with Crippen LogP contribution >= 0.6 is 0 Å². The Balaban J connectivity index is 1.13. The lowest BCUT2D eigenvalue weighted by atomic mass is 9.71. The fraction of sp³-hybridized carbons (Fsp3) is 0.444. The van der Waals surface area contributed by atoms with Crippen molar-refractivity contribution >= 4 is 18.0 Å². The predicted molar refractivity (Wildman–Crippen MR) is 126 cm³/mol. The van der Waals surface area contributed by atoms with Crippen molar-refractivity contribution < 1.29 is 24.2 Å². The van der Waals surface area contributed by atoms with Crippen LogP contribution in [0.3, 0.4) is 0 Å². The average molecular weight is 463 g/mol. The Kier molecular flexibility index (Phi) is 6.02. The summed E-state index contributed by atoms with van der Waals surface area (Å²) in [6, 6.07) is 16.5. The van der Waals surface area contributed by atoms with Gasteiger partial charge in [-0.2, -0.15) is 0 Å². The predicted octanol–water partition coefficient (Wildman–Crippen LogP) is 3.87. The van der Waals surface area contributed by atoms with E-state index >= 15 is 0 Å². The van der Waals surface area contributed by atoms with Gasteiger partial charge in [-0.15, -0.1) is 0 Å². The maximum Gasteiger partial charge on any atom is 0.407 e. The van der Waals surface area contributed by atoms with Gasteiger partial charge in [-0.1, -0.05) is 48.5 Å². The van der Waals surface area contributed by atoms with Gasteiger partial charge in [0.25, 0.3) is 0 Å². The first-order chi connectivity index (χ1) is 16.4. The first-order valence-corrected chi connectivity index (χ1v) is 12.0. The number of alkyl carbamates (subject to hydrolysis) is 1. The molecule has 5 rings (SSSR count). The van der Waals surface area contributed by atoms with E-state index in [1.165, 1.54) is 27.2 Å². The van der Waals surface area contributed by atoms with Crippen LogP contribution in [0, 0.1) is 17.8 Å². The second-order valence-corrected chi connectivity index (χ2v) is 9.81. The zero-order chi connectivity index (χ0) is 23.8. The SMILES string of the molecule is CN(CCC(=O)O)C(=O)C1CC2CC(NC(=O)OCC3c4ccccc4-c4ccccc43)C2C1. The number of carboxylic acids is 1.